The zero-order valence-electron chi connectivity index (χ0n) is 9.07. The molecule has 0 aromatic carbocycles. The molecular weight excluding hydrogens is 192 g/mol. The molecule has 0 bridgehead atoms. The first-order valence-corrected chi connectivity index (χ1v) is 5.27. The normalized spacial score (nSPS) is 10.3. The van der Waals surface area contributed by atoms with Gasteiger partial charge in [0.1, 0.15) is 0 Å². The van der Waals surface area contributed by atoms with Crippen LogP contribution in [0.4, 0.5) is 0 Å². The van der Waals surface area contributed by atoms with Crippen LogP contribution in [0.25, 0.3) is 0 Å². The highest BCUT2D eigenvalue weighted by atomic mass is 16.2. The van der Waals surface area contributed by atoms with Gasteiger partial charge in [0.15, 0.2) is 0 Å². The molecule has 84 valence electrons. The number of hydrogen-bond acceptors (Lipinski definition) is 3. The highest BCUT2D eigenvalue weighted by Gasteiger charge is 2.14. The van der Waals surface area contributed by atoms with Gasteiger partial charge in [-0.3, -0.25) is 9.89 Å². The first-order valence-electron chi connectivity index (χ1n) is 5.27. The summed E-state index contributed by atoms with van der Waals surface area (Å²) in [5.74, 6) is 0.00245. The van der Waals surface area contributed by atoms with Gasteiger partial charge in [-0.1, -0.05) is 13.3 Å². The number of aromatic amines is 1. The van der Waals surface area contributed by atoms with Gasteiger partial charge in [0.2, 0.25) is 0 Å². The van der Waals surface area contributed by atoms with E-state index in [1.54, 1.807) is 11.1 Å². The van der Waals surface area contributed by atoms with Crippen LogP contribution in [-0.2, 0) is 0 Å². The van der Waals surface area contributed by atoms with Crippen molar-refractivity contribution in [2.75, 3.05) is 19.6 Å². The number of hydrogen-bond donors (Lipinski definition) is 2. The fourth-order valence-corrected chi connectivity index (χ4v) is 1.37. The first-order chi connectivity index (χ1) is 7.29. The second-order valence-electron chi connectivity index (χ2n) is 3.42. The summed E-state index contributed by atoms with van der Waals surface area (Å²) < 4.78 is 0. The van der Waals surface area contributed by atoms with Crippen molar-refractivity contribution < 1.29 is 4.79 Å². The third kappa shape index (κ3) is 3.36. The van der Waals surface area contributed by atoms with Crippen molar-refractivity contribution in [3.63, 3.8) is 0 Å². The van der Waals surface area contributed by atoms with Gasteiger partial charge >= 0.3 is 0 Å². The van der Waals surface area contributed by atoms with E-state index in [0.717, 1.165) is 19.4 Å². The Labute approximate surface area is 89.6 Å². The third-order valence-corrected chi connectivity index (χ3v) is 2.21. The highest BCUT2D eigenvalue weighted by Crippen LogP contribution is 2.03. The van der Waals surface area contributed by atoms with Gasteiger partial charge in [-0.2, -0.15) is 5.10 Å². The van der Waals surface area contributed by atoms with Crippen molar-refractivity contribution in [1.82, 2.24) is 15.1 Å². The van der Waals surface area contributed by atoms with E-state index in [9.17, 15) is 4.79 Å². The number of carbonyl (C=O) groups excluding carboxylic acids is 1. The van der Waals surface area contributed by atoms with Gasteiger partial charge in [0.05, 0.1) is 11.8 Å². The molecule has 0 aliphatic heterocycles. The van der Waals surface area contributed by atoms with E-state index in [1.807, 2.05) is 0 Å². The van der Waals surface area contributed by atoms with Crippen molar-refractivity contribution in [2.24, 2.45) is 5.73 Å². The molecule has 15 heavy (non-hydrogen) atoms. The SMILES string of the molecule is CCCCN(CCN)C(=O)c1cn[nH]c1. The number of aromatic nitrogens is 2. The summed E-state index contributed by atoms with van der Waals surface area (Å²) in [5.41, 5.74) is 6.07. The van der Waals surface area contributed by atoms with Crippen LogP contribution in [0.2, 0.25) is 0 Å². The zero-order valence-corrected chi connectivity index (χ0v) is 9.07. The number of nitrogens with zero attached hydrogens (tertiary/aromatic N) is 2. The maximum absolute atomic E-state index is 11.9. The average Bonchev–Trinajstić information content (AvgIpc) is 2.76. The van der Waals surface area contributed by atoms with E-state index in [0.29, 0.717) is 18.7 Å². The topological polar surface area (TPSA) is 75.0 Å². The number of nitrogens with one attached hydrogen (secondary N) is 1. The van der Waals surface area contributed by atoms with Gasteiger partial charge < -0.3 is 10.6 Å². The number of amides is 1. The fourth-order valence-electron chi connectivity index (χ4n) is 1.37. The molecule has 0 saturated carbocycles. The molecule has 1 amide bonds. The van der Waals surface area contributed by atoms with E-state index in [4.69, 9.17) is 5.73 Å². The predicted octanol–water partition coefficient (Wildman–Crippen LogP) is 0.611. The van der Waals surface area contributed by atoms with Crippen molar-refractivity contribution >= 4 is 5.91 Å². The van der Waals surface area contributed by atoms with E-state index in [2.05, 4.69) is 17.1 Å². The number of unbranched alkanes of at least 4 members (excludes halogenated alkanes) is 1. The first kappa shape index (κ1) is 11.7. The van der Waals surface area contributed by atoms with E-state index >= 15 is 0 Å². The fraction of sp³-hybridized carbons (Fsp3) is 0.600. The second-order valence-corrected chi connectivity index (χ2v) is 3.42. The van der Waals surface area contributed by atoms with Crippen molar-refractivity contribution in [1.29, 1.82) is 0 Å². The smallest absolute Gasteiger partial charge is 0.257 e. The number of H-pyrrole nitrogens is 1. The molecule has 3 N–H and O–H groups in total. The Hall–Kier alpha value is -1.36. The quantitative estimate of drug-likeness (QED) is 0.722. The van der Waals surface area contributed by atoms with Crippen LogP contribution in [0.1, 0.15) is 30.1 Å². The van der Waals surface area contributed by atoms with Gasteiger partial charge in [-0.25, -0.2) is 0 Å². The minimum atomic E-state index is 0.00245. The molecule has 5 nitrogen and oxygen atoms in total. The average molecular weight is 210 g/mol. The van der Waals surface area contributed by atoms with Crippen molar-refractivity contribution in [3.05, 3.63) is 18.0 Å². The van der Waals surface area contributed by atoms with Gasteiger partial charge in [-0.15, -0.1) is 0 Å². The molecule has 1 aromatic rings. The molecule has 5 heteroatoms. The molecular formula is C10H18N4O. The molecule has 0 saturated heterocycles. The Bertz CT molecular complexity index is 284. The predicted molar refractivity (Wildman–Crippen MR) is 58.5 cm³/mol. The molecule has 1 rings (SSSR count). The molecule has 1 heterocycles. The Morgan fingerprint density at radius 2 is 2.40 bits per heavy atom. The lowest BCUT2D eigenvalue weighted by Gasteiger charge is -2.20. The maximum atomic E-state index is 11.9. The number of rotatable bonds is 6. The Morgan fingerprint density at radius 1 is 1.60 bits per heavy atom. The van der Waals surface area contributed by atoms with Crippen LogP contribution in [-0.4, -0.2) is 40.6 Å². The van der Waals surface area contributed by atoms with Crippen molar-refractivity contribution in [3.8, 4) is 0 Å². The Kier molecular flexibility index (Phi) is 4.83. The molecule has 0 radical (unpaired) electrons. The largest absolute Gasteiger partial charge is 0.337 e. The van der Waals surface area contributed by atoms with Gasteiger partial charge in [0, 0.05) is 25.8 Å². The standard InChI is InChI=1S/C10H18N4O/c1-2-3-5-14(6-4-11)10(15)9-7-12-13-8-9/h7-8H,2-6,11H2,1H3,(H,12,13). The molecule has 0 unspecified atom stereocenters. The summed E-state index contributed by atoms with van der Waals surface area (Å²) in [6.07, 6.45) is 5.22. The molecule has 0 atom stereocenters. The summed E-state index contributed by atoms with van der Waals surface area (Å²) in [4.78, 5) is 13.7. The molecule has 0 aliphatic rings. The van der Waals surface area contributed by atoms with Crippen LogP contribution < -0.4 is 5.73 Å². The number of carbonyl (C=O) groups is 1. The summed E-state index contributed by atoms with van der Waals surface area (Å²) in [5, 5.41) is 6.40. The van der Waals surface area contributed by atoms with Crippen LogP contribution in [0.5, 0.6) is 0 Å². The summed E-state index contributed by atoms with van der Waals surface area (Å²) in [6, 6.07) is 0. The van der Waals surface area contributed by atoms with Crippen LogP contribution >= 0.6 is 0 Å². The van der Waals surface area contributed by atoms with E-state index in [1.165, 1.54) is 6.20 Å². The van der Waals surface area contributed by atoms with E-state index in [-0.39, 0.29) is 5.91 Å². The minimum Gasteiger partial charge on any atom is -0.337 e. The number of nitrogens with two attached hydrogens (primary N) is 1. The van der Waals surface area contributed by atoms with E-state index < -0.39 is 0 Å². The summed E-state index contributed by atoms with van der Waals surface area (Å²) in [6.45, 7) is 3.96. The minimum absolute atomic E-state index is 0.00245. The maximum Gasteiger partial charge on any atom is 0.257 e. The van der Waals surface area contributed by atoms with Gasteiger partial charge in [0.25, 0.3) is 5.91 Å². The molecule has 0 aliphatic carbocycles. The molecule has 0 fully saturated rings. The van der Waals surface area contributed by atoms with Crippen molar-refractivity contribution in [2.45, 2.75) is 19.8 Å². The Balaban J connectivity index is 2.58. The van der Waals surface area contributed by atoms with Gasteiger partial charge in [-0.05, 0) is 6.42 Å². The summed E-state index contributed by atoms with van der Waals surface area (Å²) in [7, 11) is 0. The lowest BCUT2D eigenvalue weighted by atomic mass is 10.2. The lowest BCUT2D eigenvalue weighted by Crippen LogP contribution is -2.35. The third-order valence-electron chi connectivity index (χ3n) is 2.21. The molecule has 0 spiro atoms. The Morgan fingerprint density at radius 3 is 2.93 bits per heavy atom. The zero-order chi connectivity index (χ0) is 11.1. The van der Waals surface area contributed by atoms with Crippen LogP contribution in [0.15, 0.2) is 12.4 Å². The van der Waals surface area contributed by atoms with Crippen LogP contribution in [0.3, 0.4) is 0 Å². The molecule has 1 aromatic heterocycles. The summed E-state index contributed by atoms with van der Waals surface area (Å²) >= 11 is 0. The second kappa shape index (κ2) is 6.19. The highest BCUT2D eigenvalue weighted by molar-refractivity contribution is 5.93. The lowest BCUT2D eigenvalue weighted by molar-refractivity contribution is 0.0758. The van der Waals surface area contributed by atoms with Crippen LogP contribution in [0, 0.1) is 0 Å². The monoisotopic (exact) mass is 210 g/mol.